The van der Waals surface area contributed by atoms with E-state index in [1.54, 1.807) is 0 Å². The molecule has 0 N–H and O–H groups in total. The van der Waals surface area contributed by atoms with Crippen molar-refractivity contribution in [2.45, 2.75) is 55.7 Å². The molecule has 0 atom stereocenters. The van der Waals surface area contributed by atoms with Gasteiger partial charge in [0.1, 0.15) is 4.33 Å². The van der Waals surface area contributed by atoms with Gasteiger partial charge in [-0.15, -0.1) is 23.2 Å². The molecule has 0 amide bonds. The summed E-state index contributed by atoms with van der Waals surface area (Å²) < 4.78 is -0.703. The van der Waals surface area contributed by atoms with Crippen LogP contribution in [0.15, 0.2) is 48.5 Å². The van der Waals surface area contributed by atoms with Gasteiger partial charge in [-0.05, 0) is 41.5 Å². The number of rotatable bonds is 6. The third kappa shape index (κ3) is 3.04. The van der Waals surface area contributed by atoms with E-state index in [4.69, 9.17) is 23.2 Å². The summed E-state index contributed by atoms with van der Waals surface area (Å²) >= 11 is 13.2. The Labute approximate surface area is 149 Å². The van der Waals surface area contributed by atoms with Crippen molar-refractivity contribution < 1.29 is 0 Å². The molecule has 0 radical (unpaired) electrons. The summed E-state index contributed by atoms with van der Waals surface area (Å²) in [6, 6.07) is 17.7. The molecule has 1 aliphatic carbocycles. The van der Waals surface area contributed by atoms with Crippen LogP contribution >= 0.6 is 23.2 Å². The fraction of sp³-hybridized carbons (Fsp3) is 0.429. The first-order valence-corrected chi connectivity index (χ1v) is 9.36. The van der Waals surface area contributed by atoms with Crippen molar-refractivity contribution in [3.05, 3.63) is 70.8 Å². The van der Waals surface area contributed by atoms with E-state index in [1.807, 2.05) is 0 Å². The molecule has 2 aromatic carbocycles. The maximum absolute atomic E-state index is 6.60. The predicted molar refractivity (Wildman–Crippen MR) is 101 cm³/mol. The zero-order chi connectivity index (χ0) is 16.5. The van der Waals surface area contributed by atoms with E-state index < -0.39 is 4.33 Å². The topological polar surface area (TPSA) is 0 Å². The van der Waals surface area contributed by atoms with Crippen LogP contribution in [0.25, 0.3) is 0 Å². The van der Waals surface area contributed by atoms with E-state index in [1.165, 1.54) is 35.1 Å². The van der Waals surface area contributed by atoms with Crippen LogP contribution in [0.1, 0.15) is 55.4 Å². The van der Waals surface area contributed by atoms with Gasteiger partial charge in [0.25, 0.3) is 0 Å². The highest BCUT2D eigenvalue weighted by molar-refractivity contribution is 6.52. The molecule has 23 heavy (non-hydrogen) atoms. The van der Waals surface area contributed by atoms with E-state index in [9.17, 15) is 0 Å². The SMILES string of the molecule is CCCc1ccc(C2(c3ccc(CCC)cc3)CC2(Cl)Cl)cc1. The summed E-state index contributed by atoms with van der Waals surface area (Å²) in [7, 11) is 0. The number of hydrogen-bond acceptors (Lipinski definition) is 0. The van der Waals surface area contributed by atoms with Crippen molar-refractivity contribution >= 4 is 23.2 Å². The van der Waals surface area contributed by atoms with Gasteiger partial charge in [0.2, 0.25) is 0 Å². The number of halogens is 2. The van der Waals surface area contributed by atoms with Crippen LogP contribution in [-0.4, -0.2) is 4.33 Å². The minimum Gasteiger partial charge on any atom is -0.100 e. The second-order valence-electron chi connectivity index (χ2n) is 6.68. The predicted octanol–water partition coefficient (Wildman–Crippen LogP) is 6.46. The Hall–Kier alpha value is -0.980. The number of hydrogen-bond donors (Lipinski definition) is 0. The van der Waals surface area contributed by atoms with E-state index >= 15 is 0 Å². The largest absolute Gasteiger partial charge is 0.133 e. The third-order valence-corrected chi connectivity index (χ3v) is 5.87. The fourth-order valence-corrected chi connectivity index (χ4v) is 4.41. The van der Waals surface area contributed by atoms with Gasteiger partial charge in [-0.3, -0.25) is 0 Å². The van der Waals surface area contributed by atoms with Gasteiger partial charge < -0.3 is 0 Å². The van der Waals surface area contributed by atoms with Crippen LogP contribution in [0.2, 0.25) is 0 Å². The average molecular weight is 347 g/mol. The molecule has 0 spiro atoms. The second-order valence-corrected chi connectivity index (χ2v) is 8.16. The minimum absolute atomic E-state index is 0.258. The van der Waals surface area contributed by atoms with E-state index in [2.05, 4.69) is 62.4 Å². The smallest absolute Gasteiger partial charge is 0.100 e. The molecule has 1 aliphatic rings. The molecule has 0 aliphatic heterocycles. The molecule has 1 saturated carbocycles. The van der Waals surface area contributed by atoms with E-state index in [0.717, 1.165) is 19.3 Å². The Morgan fingerprint density at radius 2 is 1.09 bits per heavy atom. The first kappa shape index (κ1) is 16.9. The molecule has 122 valence electrons. The first-order valence-electron chi connectivity index (χ1n) is 8.60. The quantitative estimate of drug-likeness (QED) is 0.526. The Balaban J connectivity index is 1.94. The fourth-order valence-electron chi connectivity index (χ4n) is 3.57. The van der Waals surface area contributed by atoms with Crippen LogP contribution in [0.3, 0.4) is 0 Å². The van der Waals surface area contributed by atoms with Crippen molar-refractivity contribution in [1.29, 1.82) is 0 Å². The first-order chi connectivity index (χ1) is 11.0. The lowest BCUT2D eigenvalue weighted by Gasteiger charge is -2.20. The van der Waals surface area contributed by atoms with Crippen molar-refractivity contribution in [3.63, 3.8) is 0 Å². The van der Waals surface area contributed by atoms with Gasteiger partial charge >= 0.3 is 0 Å². The van der Waals surface area contributed by atoms with Gasteiger partial charge in [0.05, 0.1) is 5.41 Å². The molecule has 2 aromatic rings. The van der Waals surface area contributed by atoms with Crippen LogP contribution < -0.4 is 0 Å². The van der Waals surface area contributed by atoms with Gasteiger partial charge in [0.15, 0.2) is 0 Å². The molecule has 0 heterocycles. The number of alkyl halides is 2. The summed E-state index contributed by atoms with van der Waals surface area (Å²) in [5.74, 6) is 0. The molecule has 1 fully saturated rings. The van der Waals surface area contributed by atoms with Crippen LogP contribution in [0.4, 0.5) is 0 Å². The van der Waals surface area contributed by atoms with Gasteiger partial charge in [0, 0.05) is 0 Å². The lowest BCUT2D eigenvalue weighted by molar-refractivity contribution is 0.825. The Kier molecular flexibility index (Phi) is 4.76. The molecule has 0 saturated heterocycles. The van der Waals surface area contributed by atoms with Crippen molar-refractivity contribution in [2.24, 2.45) is 0 Å². The van der Waals surface area contributed by atoms with Gasteiger partial charge in [-0.2, -0.15) is 0 Å². The molecule has 0 bridgehead atoms. The summed E-state index contributed by atoms with van der Waals surface area (Å²) in [6.45, 7) is 4.41. The molecule has 0 aromatic heterocycles. The minimum atomic E-state index is -0.703. The highest BCUT2D eigenvalue weighted by Crippen LogP contribution is 2.68. The summed E-state index contributed by atoms with van der Waals surface area (Å²) in [5, 5.41) is 0. The average Bonchev–Trinajstić information content (AvgIpc) is 3.13. The Morgan fingerprint density at radius 1 is 0.739 bits per heavy atom. The maximum atomic E-state index is 6.60. The van der Waals surface area contributed by atoms with Crippen LogP contribution in [-0.2, 0) is 18.3 Å². The Bertz CT molecular complexity index is 604. The molecular weight excluding hydrogens is 323 g/mol. The van der Waals surface area contributed by atoms with Gasteiger partial charge in [-0.25, -0.2) is 0 Å². The molecule has 0 nitrogen and oxygen atoms in total. The zero-order valence-electron chi connectivity index (χ0n) is 13.9. The normalized spacial score (nSPS) is 17.9. The van der Waals surface area contributed by atoms with E-state index in [-0.39, 0.29) is 5.41 Å². The van der Waals surface area contributed by atoms with Crippen LogP contribution in [0, 0.1) is 0 Å². The lowest BCUT2D eigenvalue weighted by Crippen LogP contribution is -2.17. The highest BCUT2D eigenvalue weighted by atomic mass is 35.5. The van der Waals surface area contributed by atoms with E-state index in [0.29, 0.717) is 0 Å². The zero-order valence-corrected chi connectivity index (χ0v) is 15.4. The second kappa shape index (κ2) is 6.49. The third-order valence-electron chi connectivity index (χ3n) is 4.96. The number of aryl methyl sites for hydroxylation is 2. The lowest BCUT2D eigenvalue weighted by atomic mass is 9.86. The van der Waals surface area contributed by atoms with Crippen molar-refractivity contribution in [3.8, 4) is 0 Å². The van der Waals surface area contributed by atoms with Crippen LogP contribution in [0.5, 0.6) is 0 Å². The van der Waals surface area contributed by atoms with Gasteiger partial charge in [-0.1, -0.05) is 75.2 Å². The molecule has 2 heteroatoms. The summed E-state index contributed by atoms with van der Waals surface area (Å²) in [5.41, 5.74) is 4.95. The summed E-state index contributed by atoms with van der Waals surface area (Å²) in [4.78, 5) is 0. The standard InChI is InChI=1S/C21H24Cl2/c1-3-5-16-7-11-18(12-8-16)20(15-21(20,22)23)19-13-9-17(6-4-2)10-14-19/h7-14H,3-6,15H2,1-2H3. The maximum Gasteiger partial charge on any atom is 0.133 e. The van der Waals surface area contributed by atoms with Crippen molar-refractivity contribution in [2.75, 3.05) is 0 Å². The highest BCUT2D eigenvalue weighted by Gasteiger charge is 2.68. The molecular formula is C21H24Cl2. The van der Waals surface area contributed by atoms with Crippen molar-refractivity contribution in [1.82, 2.24) is 0 Å². The number of benzene rings is 2. The molecule has 3 rings (SSSR count). The monoisotopic (exact) mass is 346 g/mol. The summed E-state index contributed by atoms with van der Waals surface area (Å²) in [6.07, 6.45) is 5.35. The molecule has 0 unspecified atom stereocenters. The Morgan fingerprint density at radius 3 is 1.35 bits per heavy atom.